The molecule has 0 saturated carbocycles. The van der Waals surface area contributed by atoms with Crippen molar-refractivity contribution in [1.29, 1.82) is 0 Å². The smallest absolute Gasteiger partial charge is 0.0509 e. The fourth-order valence-corrected chi connectivity index (χ4v) is 2.18. The van der Waals surface area contributed by atoms with E-state index in [9.17, 15) is 5.11 Å². The molecule has 3 nitrogen and oxygen atoms in total. The number of nitrogens with one attached hydrogen (secondary N) is 1. The predicted molar refractivity (Wildman–Crippen MR) is 66.5 cm³/mol. The van der Waals surface area contributed by atoms with Gasteiger partial charge in [-0.05, 0) is 25.2 Å². The SMILES string of the molecule is CCC(NCC(C)(CC)CO)C1CCOC1. The van der Waals surface area contributed by atoms with Crippen LogP contribution < -0.4 is 5.32 Å². The third-order valence-corrected chi connectivity index (χ3v) is 4.00. The zero-order valence-corrected chi connectivity index (χ0v) is 11.0. The first-order valence-electron chi connectivity index (χ1n) is 6.57. The molecule has 0 aromatic heterocycles. The maximum atomic E-state index is 9.37. The van der Waals surface area contributed by atoms with Crippen LogP contribution in [0.4, 0.5) is 0 Å². The molecular formula is C13H27NO2. The number of hydrogen-bond donors (Lipinski definition) is 2. The van der Waals surface area contributed by atoms with Crippen LogP contribution in [0.2, 0.25) is 0 Å². The Labute approximate surface area is 99.6 Å². The molecule has 16 heavy (non-hydrogen) atoms. The molecule has 1 heterocycles. The van der Waals surface area contributed by atoms with Crippen molar-refractivity contribution in [2.24, 2.45) is 11.3 Å². The van der Waals surface area contributed by atoms with Gasteiger partial charge in [-0.25, -0.2) is 0 Å². The first-order valence-corrected chi connectivity index (χ1v) is 6.57. The zero-order valence-electron chi connectivity index (χ0n) is 11.0. The fourth-order valence-electron chi connectivity index (χ4n) is 2.18. The van der Waals surface area contributed by atoms with Crippen molar-refractivity contribution < 1.29 is 9.84 Å². The van der Waals surface area contributed by atoms with Crippen LogP contribution in [-0.4, -0.2) is 37.5 Å². The average molecular weight is 229 g/mol. The molecule has 1 saturated heterocycles. The molecule has 0 bridgehead atoms. The Bertz CT molecular complexity index is 186. The molecule has 1 rings (SSSR count). The molecule has 3 unspecified atom stereocenters. The Morgan fingerprint density at radius 3 is 2.69 bits per heavy atom. The van der Waals surface area contributed by atoms with Crippen LogP contribution in [0.5, 0.6) is 0 Å². The van der Waals surface area contributed by atoms with Gasteiger partial charge in [-0.1, -0.05) is 20.8 Å². The van der Waals surface area contributed by atoms with Crippen molar-refractivity contribution in [1.82, 2.24) is 5.32 Å². The number of aliphatic hydroxyl groups excluding tert-OH is 1. The molecule has 2 N–H and O–H groups in total. The second kappa shape index (κ2) is 6.58. The van der Waals surface area contributed by atoms with E-state index in [1.54, 1.807) is 0 Å². The maximum Gasteiger partial charge on any atom is 0.0509 e. The van der Waals surface area contributed by atoms with Gasteiger partial charge in [0.2, 0.25) is 0 Å². The van der Waals surface area contributed by atoms with Gasteiger partial charge >= 0.3 is 0 Å². The monoisotopic (exact) mass is 229 g/mol. The van der Waals surface area contributed by atoms with Crippen molar-refractivity contribution in [3.8, 4) is 0 Å². The summed E-state index contributed by atoms with van der Waals surface area (Å²) < 4.78 is 5.44. The molecule has 3 atom stereocenters. The van der Waals surface area contributed by atoms with E-state index in [2.05, 4.69) is 26.1 Å². The van der Waals surface area contributed by atoms with Crippen LogP contribution >= 0.6 is 0 Å². The lowest BCUT2D eigenvalue weighted by atomic mass is 9.87. The molecule has 1 aliphatic rings. The Kier molecular flexibility index (Phi) is 5.73. The lowest BCUT2D eigenvalue weighted by molar-refractivity contribution is 0.124. The molecule has 96 valence electrons. The van der Waals surface area contributed by atoms with Gasteiger partial charge in [-0.15, -0.1) is 0 Å². The van der Waals surface area contributed by atoms with Gasteiger partial charge in [-0.2, -0.15) is 0 Å². The van der Waals surface area contributed by atoms with Gasteiger partial charge in [0.05, 0.1) is 6.61 Å². The van der Waals surface area contributed by atoms with Crippen molar-refractivity contribution in [2.45, 2.75) is 46.1 Å². The molecule has 1 fully saturated rings. The topological polar surface area (TPSA) is 41.5 Å². The molecule has 0 amide bonds. The summed E-state index contributed by atoms with van der Waals surface area (Å²) in [7, 11) is 0. The molecule has 3 heteroatoms. The number of ether oxygens (including phenoxy) is 1. The lowest BCUT2D eigenvalue weighted by Crippen LogP contribution is -2.43. The van der Waals surface area contributed by atoms with Crippen LogP contribution in [-0.2, 0) is 4.74 Å². The summed E-state index contributed by atoms with van der Waals surface area (Å²) >= 11 is 0. The third kappa shape index (κ3) is 3.72. The van der Waals surface area contributed by atoms with E-state index in [0.29, 0.717) is 12.0 Å². The Balaban J connectivity index is 2.38. The summed E-state index contributed by atoms with van der Waals surface area (Å²) in [5, 5.41) is 13.0. The molecular weight excluding hydrogens is 202 g/mol. The van der Waals surface area contributed by atoms with Crippen LogP contribution in [0.15, 0.2) is 0 Å². The first kappa shape index (κ1) is 13.9. The van der Waals surface area contributed by atoms with Gasteiger partial charge in [0.15, 0.2) is 0 Å². The molecule has 0 spiro atoms. The zero-order chi connectivity index (χ0) is 12.0. The quantitative estimate of drug-likeness (QED) is 0.699. The normalized spacial score (nSPS) is 26.6. The highest BCUT2D eigenvalue weighted by Gasteiger charge is 2.27. The van der Waals surface area contributed by atoms with Crippen molar-refractivity contribution in [3.63, 3.8) is 0 Å². The Hall–Kier alpha value is -0.120. The number of aliphatic hydroxyl groups is 1. The minimum Gasteiger partial charge on any atom is -0.396 e. The molecule has 0 aromatic carbocycles. The second-order valence-corrected chi connectivity index (χ2v) is 5.34. The van der Waals surface area contributed by atoms with E-state index in [1.807, 2.05) is 0 Å². The fraction of sp³-hybridized carbons (Fsp3) is 1.00. The van der Waals surface area contributed by atoms with E-state index in [0.717, 1.165) is 32.6 Å². The van der Waals surface area contributed by atoms with Crippen LogP contribution in [0.3, 0.4) is 0 Å². The molecule has 0 aliphatic carbocycles. The minimum absolute atomic E-state index is 0.0207. The van der Waals surface area contributed by atoms with E-state index in [-0.39, 0.29) is 12.0 Å². The summed E-state index contributed by atoms with van der Waals surface area (Å²) in [6.07, 6.45) is 3.32. The van der Waals surface area contributed by atoms with Gasteiger partial charge in [-0.3, -0.25) is 0 Å². The Morgan fingerprint density at radius 1 is 1.50 bits per heavy atom. The van der Waals surface area contributed by atoms with Crippen molar-refractivity contribution in [3.05, 3.63) is 0 Å². The summed E-state index contributed by atoms with van der Waals surface area (Å²) in [6.45, 7) is 9.46. The van der Waals surface area contributed by atoms with E-state index < -0.39 is 0 Å². The lowest BCUT2D eigenvalue weighted by Gasteiger charge is -2.30. The summed E-state index contributed by atoms with van der Waals surface area (Å²) in [5.41, 5.74) is 0.0207. The van der Waals surface area contributed by atoms with Crippen molar-refractivity contribution >= 4 is 0 Å². The minimum atomic E-state index is 0.0207. The van der Waals surface area contributed by atoms with E-state index in [1.165, 1.54) is 6.42 Å². The molecule has 0 aromatic rings. The summed E-state index contributed by atoms with van der Waals surface area (Å²) in [4.78, 5) is 0. The highest BCUT2D eigenvalue weighted by Crippen LogP contribution is 2.22. The Morgan fingerprint density at radius 2 is 2.25 bits per heavy atom. The molecule has 0 radical (unpaired) electrons. The highest BCUT2D eigenvalue weighted by molar-refractivity contribution is 4.82. The molecule has 1 aliphatic heterocycles. The van der Waals surface area contributed by atoms with Gasteiger partial charge < -0.3 is 15.2 Å². The van der Waals surface area contributed by atoms with Crippen molar-refractivity contribution in [2.75, 3.05) is 26.4 Å². The second-order valence-electron chi connectivity index (χ2n) is 5.34. The standard InChI is InChI=1S/C13H27NO2/c1-4-12(11-6-7-16-8-11)14-9-13(3,5-2)10-15/h11-12,14-15H,4-10H2,1-3H3. The van der Waals surface area contributed by atoms with E-state index >= 15 is 0 Å². The van der Waals surface area contributed by atoms with Gasteiger partial charge in [0.25, 0.3) is 0 Å². The number of hydrogen-bond acceptors (Lipinski definition) is 3. The van der Waals surface area contributed by atoms with E-state index in [4.69, 9.17) is 4.74 Å². The largest absolute Gasteiger partial charge is 0.396 e. The third-order valence-electron chi connectivity index (χ3n) is 4.00. The maximum absolute atomic E-state index is 9.37. The highest BCUT2D eigenvalue weighted by atomic mass is 16.5. The van der Waals surface area contributed by atoms with Gasteiger partial charge in [0.1, 0.15) is 0 Å². The summed E-state index contributed by atoms with van der Waals surface area (Å²) in [5.74, 6) is 0.657. The predicted octanol–water partition coefficient (Wildman–Crippen LogP) is 1.80. The van der Waals surface area contributed by atoms with Crippen LogP contribution in [0.25, 0.3) is 0 Å². The van der Waals surface area contributed by atoms with Gasteiger partial charge in [0, 0.05) is 31.2 Å². The first-order chi connectivity index (χ1) is 7.65. The number of rotatable bonds is 7. The summed E-state index contributed by atoms with van der Waals surface area (Å²) in [6, 6.07) is 0.542. The van der Waals surface area contributed by atoms with Crippen LogP contribution in [0.1, 0.15) is 40.0 Å². The average Bonchev–Trinajstić information content (AvgIpc) is 2.83. The van der Waals surface area contributed by atoms with Crippen LogP contribution in [0, 0.1) is 11.3 Å².